The number of nitrogens with two attached hydrogens (primary N) is 1. The third kappa shape index (κ3) is 3.07. The molecular formula is C15H14FN4O2P. The van der Waals surface area contributed by atoms with Gasteiger partial charge in [0.25, 0.3) is 0 Å². The molecule has 0 saturated heterocycles. The Labute approximate surface area is 134 Å². The third-order valence-electron chi connectivity index (χ3n) is 3.35. The molecule has 0 radical (unpaired) electrons. The molecule has 2 atom stereocenters. The van der Waals surface area contributed by atoms with Gasteiger partial charge in [-0.25, -0.2) is 19.6 Å². The van der Waals surface area contributed by atoms with E-state index in [0.29, 0.717) is 17.1 Å². The molecule has 23 heavy (non-hydrogen) atoms. The minimum atomic E-state index is -1.07. The van der Waals surface area contributed by atoms with Crippen LogP contribution in [0.25, 0.3) is 5.70 Å². The summed E-state index contributed by atoms with van der Waals surface area (Å²) in [6.45, 7) is 0. The number of nitrogens with zero attached hydrogens (tertiary/aromatic N) is 2. The molecule has 0 saturated carbocycles. The van der Waals surface area contributed by atoms with Gasteiger partial charge in [-0.1, -0.05) is 6.07 Å². The van der Waals surface area contributed by atoms with E-state index in [0.717, 1.165) is 5.30 Å². The molecule has 118 valence electrons. The molecule has 8 heteroatoms. The largest absolute Gasteiger partial charge is 0.478 e. The Morgan fingerprint density at radius 2 is 2.17 bits per heavy atom. The van der Waals surface area contributed by atoms with Crippen LogP contribution in [-0.4, -0.2) is 22.2 Å². The van der Waals surface area contributed by atoms with Crippen LogP contribution in [0, 0.1) is 5.82 Å². The molecule has 0 amide bonds. The second kappa shape index (κ2) is 6.04. The van der Waals surface area contributed by atoms with E-state index in [2.05, 4.69) is 19.6 Å². The van der Waals surface area contributed by atoms with Crippen LogP contribution in [0.15, 0.2) is 42.6 Å². The number of hydrazine groups is 1. The highest BCUT2D eigenvalue weighted by atomic mass is 31.0. The van der Waals surface area contributed by atoms with E-state index < -0.39 is 18.0 Å². The molecule has 3 rings (SSSR count). The number of hydrogen-bond acceptors (Lipinski definition) is 5. The van der Waals surface area contributed by atoms with Crippen LogP contribution in [0.2, 0.25) is 0 Å². The Morgan fingerprint density at radius 3 is 2.87 bits per heavy atom. The minimum Gasteiger partial charge on any atom is -0.478 e. The SMILES string of the molecule is NC1C=C(c2ccc(P)cc2F)N(c2cc(C(=O)O)ccn2)N1. The van der Waals surface area contributed by atoms with E-state index in [4.69, 9.17) is 10.8 Å². The summed E-state index contributed by atoms with van der Waals surface area (Å²) in [5.74, 6) is -1.15. The van der Waals surface area contributed by atoms with Crippen LogP contribution in [-0.2, 0) is 0 Å². The molecule has 1 aromatic carbocycles. The standard InChI is InChI=1S/C15H14FN4O2P/c16-11-6-9(23)1-2-10(11)12-7-13(17)19-20(12)14-5-8(15(21)22)3-4-18-14/h1-7,13,19H,17,23H2,(H,21,22). The summed E-state index contributed by atoms with van der Waals surface area (Å²) in [5.41, 5.74) is 9.69. The maximum Gasteiger partial charge on any atom is 0.335 e. The highest BCUT2D eigenvalue weighted by molar-refractivity contribution is 7.27. The lowest BCUT2D eigenvalue weighted by molar-refractivity contribution is 0.0697. The average molecular weight is 332 g/mol. The molecular weight excluding hydrogens is 318 g/mol. The number of anilines is 1. The number of halogens is 1. The molecule has 1 aromatic heterocycles. The van der Waals surface area contributed by atoms with Gasteiger partial charge >= 0.3 is 5.97 Å². The molecule has 0 spiro atoms. The Hall–Kier alpha value is -2.34. The van der Waals surface area contributed by atoms with Crippen LogP contribution in [0.3, 0.4) is 0 Å². The topological polar surface area (TPSA) is 91.5 Å². The Morgan fingerprint density at radius 1 is 1.39 bits per heavy atom. The Bertz CT molecular complexity index is 812. The van der Waals surface area contributed by atoms with Crippen molar-refractivity contribution in [2.24, 2.45) is 5.73 Å². The van der Waals surface area contributed by atoms with Crippen molar-refractivity contribution in [1.29, 1.82) is 0 Å². The second-order valence-corrected chi connectivity index (χ2v) is 5.66. The molecule has 2 unspecified atom stereocenters. The molecule has 1 aliphatic rings. The van der Waals surface area contributed by atoms with Crippen LogP contribution < -0.4 is 21.5 Å². The maximum absolute atomic E-state index is 14.3. The molecule has 0 bridgehead atoms. The van der Waals surface area contributed by atoms with E-state index >= 15 is 0 Å². The van der Waals surface area contributed by atoms with Crippen molar-refractivity contribution in [3.8, 4) is 0 Å². The van der Waals surface area contributed by atoms with E-state index in [9.17, 15) is 9.18 Å². The van der Waals surface area contributed by atoms with Crippen molar-refractivity contribution >= 4 is 32.0 Å². The van der Waals surface area contributed by atoms with Crippen molar-refractivity contribution in [1.82, 2.24) is 10.4 Å². The Balaban J connectivity index is 2.04. The maximum atomic E-state index is 14.3. The number of aromatic carboxylic acids is 1. The molecule has 2 heterocycles. The molecule has 0 fully saturated rings. The number of carbonyl (C=O) groups is 1. The third-order valence-corrected chi connectivity index (χ3v) is 3.71. The van der Waals surface area contributed by atoms with Gasteiger partial charge in [-0.2, -0.15) is 0 Å². The number of aromatic nitrogens is 1. The van der Waals surface area contributed by atoms with Crippen LogP contribution in [0.4, 0.5) is 10.2 Å². The molecule has 0 aliphatic carbocycles. The van der Waals surface area contributed by atoms with Gasteiger partial charge in [-0.05, 0) is 35.6 Å². The zero-order valence-corrected chi connectivity index (χ0v) is 13.1. The summed E-state index contributed by atoms with van der Waals surface area (Å²) in [6, 6.07) is 7.56. The normalized spacial score (nSPS) is 17.3. The summed E-state index contributed by atoms with van der Waals surface area (Å²) in [4.78, 5) is 15.2. The fourth-order valence-corrected chi connectivity index (χ4v) is 2.56. The van der Waals surface area contributed by atoms with Gasteiger partial charge in [0, 0.05) is 11.8 Å². The lowest BCUT2D eigenvalue weighted by Crippen LogP contribution is -2.41. The van der Waals surface area contributed by atoms with Gasteiger partial charge in [0.2, 0.25) is 0 Å². The lowest BCUT2D eigenvalue weighted by Gasteiger charge is -2.23. The first kappa shape index (κ1) is 15.6. The smallest absolute Gasteiger partial charge is 0.335 e. The fourth-order valence-electron chi connectivity index (χ4n) is 2.31. The van der Waals surface area contributed by atoms with Crippen molar-refractivity contribution in [2.45, 2.75) is 6.17 Å². The summed E-state index contributed by atoms with van der Waals surface area (Å²) in [5, 5.41) is 11.3. The summed E-state index contributed by atoms with van der Waals surface area (Å²) in [6.07, 6.45) is 2.50. The van der Waals surface area contributed by atoms with Gasteiger partial charge < -0.3 is 10.8 Å². The fraction of sp³-hybridized carbons (Fsp3) is 0.0667. The predicted octanol–water partition coefficient (Wildman–Crippen LogP) is 1.07. The van der Waals surface area contributed by atoms with Crippen molar-refractivity contribution in [3.05, 3.63) is 59.5 Å². The lowest BCUT2D eigenvalue weighted by atomic mass is 10.1. The van der Waals surface area contributed by atoms with Gasteiger partial charge in [0.1, 0.15) is 11.6 Å². The van der Waals surface area contributed by atoms with E-state index in [1.165, 1.54) is 29.4 Å². The molecule has 2 aromatic rings. The van der Waals surface area contributed by atoms with Crippen LogP contribution >= 0.6 is 9.24 Å². The minimum absolute atomic E-state index is 0.0809. The number of benzene rings is 1. The van der Waals surface area contributed by atoms with Crippen LogP contribution in [0.1, 0.15) is 15.9 Å². The van der Waals surface area contributed by atoms with Crippen molar-refractivity contribution in [2.75, 3.05) is 5.01 Å². The van der Waals surface area contributed by atoms with E-state index in [-0.39, 0.29) is 5.56 Å². The molecule has 1 aliphatic heterocycles. The summed E-state index contributed by atoms with van der Waals surface area (Å²) >= 11 is 0. The first-order valence-electron chi connectivity index (χ1n) is 6.74. The zero-order chi connectivity index (χ0) is 16.6. The number of rotatable bonds is 3. The number of nitrogens with one attached hydrogen (secondary N) is 1. The number of carboxylic acids is 1. The average Bonchev–Trinajstić information content (AvgIpc) is 2.89. The van der Waals surface area contributed by atoms with E-state index in [1.54, 1.807) is 18.2 Å². The number of hydrogen-bond donors (Lipinski definition) is 3. The first-order chi connectivity index (χ1) is 11.0. The number of carboxylic acid groups (broad SMARTS) is 1. The van der Waals surface area contributed by atoms with Gasteiger partial charge in [-0.15, -0.1) is 9.24 Å². The quantitative estimate of drug-likeness (QED) is 0.729. The monoisotopic (exact) mass is 332 g/mol. The highest BCUT2D eigenvalue weighted by Gasteiger charge is 2.26. The number of pyridine rings is 1. The first-order valence-corrected chi connectivity index (χ1v) is 7.32. The highest BCUT2D eigenvalue weighted by Crippen LogP contribution is 2.28. The van der Waals surface area contributed by atoms with Crippen LogP contribution in [0.5, 0.6) is 0 Å². The predicted molar refractivity (Wildman–Crippen MR) is 88.5 cm³/mol. The van der Waals surface area contributed by atoms with Gasteiger partial charge in [0.15, 0.2) is 0 Å². The second-order valence-electron chi connectivity index (χ2n) is 4.99. The van der Waals surface area contributed by atoms with Crippen molar-refractivity contribution in [3.63, 3.8) is 0 Å². The Kier molecular flexibility index (Phi) is 4.09. The van der Waals surface area contributed by atoms with Crippen molar-refractivity contribution < 1.29 is 14.3 Å². The van der Waals surface area contributed by atoms with E-state index in [1.807, 2.05) is 0 Å². The summed E-state index contributed by atoms with van der Waals surface area (Å²) in [7, 11) is 2.43. The molecule has 4 N–H and O–H groups in total. The van der Waals surface area contributed by atoms with Gasteiger partial charge in [0.05, 0.1) is 17.4 Å². The molecule has 6 nitrogen and oxygen atoms in total. The summed E-state index contributed by atoms with van der Waals surface area (Å²) < 4.78 is 14.3. The van der Waals surface area contributed by atoms with Gasteiger partial charge in [-0.3, -0.25) is 5.01 Å². The zero-order valence-electron chi connectivity index (χ0n) is 11.9.